The van der Waals surface area contributed by atoms with Crippen LogP contribution in [0, 0.1) is 0 Å². The van der Waals surface area contributed by atoms with Gasteiger partial charge in [-0.25, -0.2) is 4.98 Å². The summed E-state index contributed by atoms with van der Waals surface area (Å²) in [5, 5.41) is 11.2. The van der Waals surface area contributed by atoms with Crippen LogP contribution in [0.2, 0.25) is 0 Å². The first-order valence-electron chi connectivity index (χ1n) is 10.4. The second kappa shape index (κ2) is 7.50. The number of imidazole rings is 1. The fourth-order valence-corrected chi connectivity index (χ4v) is 3.96. The van der Waals surface area contributed by atoms with E-state index in [9.17, 15) is 5.11 Å². The van der Waals surface area contributed by atoms with Crippen LogP contribution in [-0.4, -0.2) is 21.8 Å². The van der Waals surface area contributed by atoms with E-state index in [-0.39, 0.29) is 10.8 Å². The molecule has 2 aromatic carbocycles. The van der Waals surface area contributed by atoms with E-state index < -0.39 is 5.54 Å². The van der Waals surface area contributed by atoms with Gasteiger partial charge in [-0.2, -0.15) is 0 Å². The molecule has 3 aromatic rings. The van der Waals surface area contributed by atoms with Gasteiger partial charge in [-0.1, -0.05) is 53.7 Å². The van der Waals surface area contributed by atoms with Crippen LogP contribution in [-0.2, 0) is 16.4 Å². The minimum atomic E-state index is -0.504. The lowest BCUT2D eigenvalue weighted by molar-refractivity contribution is 0.412. The van der Waals surface area contributed by atoms with E-state index in [0.717, 1.165) is 28.0 Å². The summed E-state index contributed by atoms with van der Waals surface area (Å²) in [7, 11) is 1.68. The first-order chi connectivity index (χ1) is 13.9. The second-order valence-electron chi connectivity index (χ2n) is 10.2. The highest BCUT2D eigenvalue weighted by molar-refractivity contribution is 5.54. The predicted molar refractivity (Wildman–Crippen MR) is 123 cm³/mol. The summed E-state index contributed by atoms with van der Waals surface area (Å²) in [5.74, 6) is 1.21. The highest BCUT2D eigenvalue weighted by Crippen LogP contribution is 2.44. The van der Waals surface area contributed by atoms with Crippen LogP contribution in [0.1, 0.15) is 70.7 Å². The summed E-state index contributed by atoms with van der Waals surface area (Å²) >= 11 is 0. The van der Waals surface area contributed by atoms with E-state index in [2.05, 4.69) is 82.3 Å². The molecule has 0 radical (unpaired) electrons. The van der Waals surface area contributed by atoms with Gasteiger partial charge in [0.05, 0.1) is 19.0 Å². The zero-order valence-electron chi connectivity index (χ0n) is 19.4. The smallest absolute Gasteiger partial charge is 0.123 e. The first-order valence-corrected chi connectivity index (χ1v) is 10.4. The van der Waals surface area contributed by atoms with E-state index in [0.29, 0.717) is 5.75 Å². The molecular weight excluding hydrogens is 372 g/mol. The lowest BCUT2D eigenvalue weighted by atomic mass is 9.74. The maximum absolute atomic E-state index is 11.2. The van der Waals surface area contributed by atoms with Crippen LogP contribution in [0.15, 0.2) is 55.1 Å². The summed E-state index contributed by atoms with van der Waals surface area (Å²) in [5.41, 5.74) is 3.22. The van der Waals surface area contributed by atoms with Crippen LogP contribution >= 0.6 is 0 Å². The fraction of sp³-hybridized carbons (Fsp3) is 0.423. The van der Waals surface area contributed by atoms with Crippen molar-refractivity contribution in [2.24, 2.45) is 0 Å². The molecule has 1 atom stereocenters. The average molecular weight is 407 g/mol. The Morgan fingerprint density at radius 1 is 0.833 bits per heavy atom. The topological polar surface area (TPSA) is 47.3 Å². The van der Waals surface area contributed by atoms with Crippen molar-refractivity contribution >= 4 is 0 Å². The van der Waals surface area contributed by atoms with Crippen LogP contribution in [0.3, 0.4) is 0 Å². The molecule has 0 fully saturated rings. The number of ether oxygens (including phenoxy) is 1. The number of aromatic hydroxyl groups is 1. The van der Waals surface area contributed by atoms with Crippen LogP contribution in [0.5, 0.6) is 11.5 Å². The molecule has 0 bridgehead atoms. The number of phenols is 1. The summed E-state index contributed by atoms with van der Waals surface area (Å²) < 4.78 is 7.49. The molecule has 0 saturated carbocycles. The van der Waals surface area contributed by atoms with E-state index in [4.69, 9.17) is 4.74 Å². The van der Waals surface area contributed by atoms with Gasteiger partial charge in [-0.3, -0.25) is 0 Å². The highest BCUT2D eigenvalue weighted by atomic mass is 16.5. The zero-order valence-corrected chi connectivity index (χ0v) is 19.4. The number of nitrogens with zero attached hydrogens (tertiary/aromatic N) is 2. The van der Waals surface area contributed by atoms with Crippen molar-refractivity contribution in [3.8, 4) is 11.5 Å². The summed E-state index contributed by atoms with van der Waals surface area (Å²) in [4.78, 5) is 4.32. The summed E-state index contributed by atoms with van der Waals surface area (Å²) in [6, 6.07) is 12.5. The zero-order chi connectivity index (χ0) is 22.3. The van der Waals surface area contributed by atoms with Crippen molar-refractivity contribution in [1.29, 1.82) is 0 Å². The molecule has 3 rings (SSSR count). The van der Waals surface area contributed by atoms with Gasteiger partial charge in [0, 0.05) is 12.4 Å². The minimum absolute atomic E-state index is 0.199. The number of hydrogen-bond acceptors (Lipinski definition) is 3. The molecule has 0 saturated heterocycles. The SMILES string of the molecule is COc1ccc(C(C)(c2cc(C(C)(C)C)c(O)c(C(C)(C)C)c2)n2ccnc2)cc1. The maximum Gasteiger partial charge on any atom is 0.123 e. The van der Waals surface area contributed by atoms with Crippen molar-refractivity contribution in [2.75, 3.05) is 7.11 Å². The minimum Gasteiger partial charge on any atom is -0.507 e. The van der Waals surface area contributed by atoms with E-state index in [1.54, 1.807) is 13.3 Å². The molecule has 0 aliphatic heterocycles. The van der Waals surface area contributed by atoms with Gasteiger partial charge in [0.2, 0.25) is 0 Å². The van der Waals surface area contributed by atoms with Crippen molar-refractivity contribution in [1.82, 2.24) is 9.55 Å². The standard InChI is InChI=1S/C26H34N2O2/c1-24(2,3)21-15-19(16-22(23(21)29)25(4,5)6)26(7,28-14-13-27-17-28)18-9-11-20(30-8)12-10-18/h9-17,29H,1-8H3. The molecular formula is C26H34N2O2. The fourth-order valence-electron chi connectivity index (χ4n) is 3.96. The van der Waals surface area contributed by atoms with Crippen molar-refractivity contribution < 1.29 is 9.84 Å². The van der Waals surface area contributed by atoms with Gasteiger partial charge in [-0.05, 0) is 64.3 Å². The van der Waals surface area contributed by atoms with Crippen molar-refractivity contribution in [3.63, 3.8) is 0 Å². The van der Waals surface area contributed by atoms with Gasteiger partial charge in [0.25, 0.3) is 0 Å². The van der Waals surface area contributed by atoms with Crippen molar-refractivity contribution in [3.05, 3.63) is 77.4 Å². The third-order valence-corrected chi connectivity index (χ3v) is 5.96. The molecule has 0 aliphatic carbocycles. The number of phenolic OH excluding ortho intramolecular Hbond substituents is 1. The Morgan fingerprint density at radius 3 is 1.77 bits per heavy atom. The van der Waals surface area contributed by atoms with Gasteiger partial charge in [-0.15, -0.1) is 0 Å². The Balaban J connectivity index is 2.36. The van der Waals surface area contributed by atoms with Crippen LogP contribution in [0.25, 0.3) is 0 Å². The monoisotopic (exact) mass is 406 g/mol. The number of benzene rings is 2. The lowest BCUT2D eigenvalue weighted by Crippen LogP contribution is -2.33. The molecule has 4 nitrogen and oxygen atoms in total. The number of aromatic nitrogens is 2. The molecule has 1 unspecified atom stereocenters. The van der Waals surface area contributed by atoms with E-state index in [1.165, 1.54) is 0 Å². The van der Waals surface area contributed by atoms with Gasteiger partial charge in [0.1, 0.15) is 11.5 Å². The quantitative estimate of drug-likeness (QED) is 0.578. The number of hydrogen-bond donors (Lipinski definition) is 1. The van der Waals surface area contributed by atoms with Crippen LogP contribution in [0.4, 0.5) is 0 Å². The molecule has 0 amide bonds. The Labute approximate surface area is 180 Å². The van der Waals surface area contributed by atoms with Gasteiger partial charge in [0.15, 0.2) is 0 Å². The predicted octanol–water partition coefficient (Wildman–Crippen LogP) is 6.00. The van der Waals surface area contributed by atoms with Gasteiger partial charge >= 0.3 is 0 Å². The number of rotatable bonds is 4. The molecule has 1 N–H and O–H groups in total. The lowest BCUT2D eigenvalue weighted by Gasteiger charge is -2.36. The third kappa shape index (κ3) is 3.83. The first kappa shape index (κ1) is 21.9. The molecule has 0 aliphatic rings. The Bertz CT molecular complexity index is 972. The van der Waals surface area contributed by atoms with Crippen LogP contribution < -0.4 is 4.74 Å². The highest BCUT2D eigenvalue weighted by Gasteiger charge is 2.35. The summed E-state index contributed by atoms with van der Waals surface area (Å²) in [6.07, 6.45) is 5.65. The average Bonchev–Trinajstić information content (AvgIpc) is 3.21. The largest absolute Gasteiger partial charge is 0.507 e. The third-order valence-electron chi connectivity index (χ3n) is 5.96. The van der Waals surface area contributed by atoms with E-state index in [1.807, 2.05) is 24.7 Å². The Kier molecular flexibility index (Phi) is 5.48. The Morgan fingerprint density at radius 2 is 1.37 bits per heavy atom. The molecule has 160 valence electrons. The van der Waals surface area contributed by atoms with Gasteiger partial charge < -0.3 is 14.4 Å². The molecule has 1 aromatic heterocycles. The molecule has 0 spiro atoms. The normalized spacial score (nSPS) is 14.4. The second-order valence-corrected chi connectivity index (χ2v) is 10.2. The molecule has 30 heavy (non-hydrogen) atoms. The maximum atomic E-state index is 11.2. The molecule has 1 heterocycles. The molecule has 4 heteroatoms. The number of methoxy groups -OCH3 is 1. The Hall–Kier alpha value is -2.75. The summed E-state index contributed by atoms with van der Waals surface area (Å²) in [6.45, 7) is 15.0. The van der Waals surface area contributed by atoms with Crippen molar-refractivity contribution in [2.45, 2.75) is 64.8 Å². The van der Waals surface area contributed by atoms with E-state index >= 15 is 0 Å².